The van der Waals surface area contributed by atoms with E-state index in [1.165, 1.54) is 7.05 Å². The molecule has 1 rings (SSSR count). The topological polar surface area (TPSA) is 103 Å². The Morgan fingerprint density at radius 3 is 2.50 bits per heavy atom. The van der Waals surface area contributed by atoms with Gasteiger partial charge in [-0.3, -0.25) is 0 Å². The third-order valence-electron chi connectivity index (χ3n) is 3.02. The van der Waals surface area contributed by atoms with Crippen LogP contribution in [0.3, 0.4) is 0 Å². The number of likely N-dealkylation sites (tertiary alicyclic amines) is 1. The second-order valence-electron chi connectivity index (χ2n) is 4.07. The van der Waals surface area contributed by atoms with Crippen molar-refractivity contribution in [3.63, 3.8) is 0 Å². The molecule has 0 spiro atoms. The number of carbonyl (C=O) groups is 1. The van der Waals surface area contributed by atoms with Crippen LogP contribution in [0.1, 0.15) is 12.8 Å². The minimum Gasteiger partial charge on any atom is -0.409 e. The van der Waals surface area contributed by atoms with E-state index in [2.05, 4.69) is 20.7 Å². The Morgan fingerprint density at radius 1 is 1.50 bits per heavy atom. The number of nitrogens with one attached hydrogen (secondary N) is 2. The summed E-state index contributed by atoms with van der Waals surface area (Å²) in [7, 11) is 3.53. The number of amides is 2. The lowest BCUT2D eigenvalue weighted by Gasteiger charge is -2.39. The Balaban J connectivity index is 2.81. The second-order valence-corrected chi connectivity index (χ2v) is 4.07. The van der Waals surface area contributed by atoms with Gasteiger partial charge in [0.25, 0.3) is 0 Å². The molecule has 0 aromatic heterocycles. The molecular formula is C9H19N5O2. The van der Waals surface area contributed by atoms with Gasteiger partial charge in [-0.05, 0) is 19.9 Å². The number of hydrogen-bond acceptors (Lipinski definition) is 4. The van der Waals surface area contributed by atoms with Crippen LogP contribution in [0, 0.1) is 0 Å². The maximum atomic E-state index is 11.4. The molecule has 7 nitrogen and oxygen atoms in total. The van der Waals surface area contributed by atoms with Crippen molar-refractivity contribution in [3.05, 3.63) is 0 Å². The maximum absolute atomic E-state index is 11.4. The number of hydrogen-bond donors (Lipinski definition) is 4. The highest BCUT2D eigenvalue weighted by Crippen LogP contribution is 2.21. The number of rotatable bonds is 2. The van der Waals surface area contributed by atoms with Gasteiger partial charge in [0.2, 0.25) is 0 Å². The smallest absolute Gasteiger partial charge is 0.315 e. The van der Waals surface area contributed by atoms with Crippen molar-refractivity contribution in [1.82, 2.24) is 15.5 Å². The van der Waals surface area contributed by atoms with Crippen LogP contribution in [0.2, 0.25) is 0 Å². The van der Waals surface area contributed by atoms with E-state index in [1.807, 2.05) is 7.05 Å². The van der Waals surface area contributed by atoms with Crippen LogP contribution in [-0.2, 0) is 0 Å². The first-order valence-corrected chi connectivity index (χ1v) is 5.20. The average Bonchev–Trinajstić information content (AvgIpc) is 2.31. The molecule has 0 radical (unpaired) electrons. The van der Waals surface area contributed by atoms with Crippen molar-refractivity contribution in [2.24, 2.45) is 10.9 Å². The van der Waals surface area contributed by atoms with Crippen LogP contribution in [0.4, 0.5) is 4.79 Å². The van der Waals surface area contributed by atoms with Gasteiger partial charge in [-0.1, -0.05) is 5.16 Å². The number of nitrogens with zero attached hydrogens (tertiary/aromatic N) is 2. The van der Waals surface area contributed by atoms with Gasteiger partial charge in [0.05, 0.1) is 0 Å². The number of urea groups is 1. The van der Waals surface area contributed by atoms with Crippen LogP contribution in [0.15, 0.2) is 5.16 Å². The summed E-state index contributed by atoms with van der Waals surface area (Å²) < 4.78 is 0. The lowest BCUT2D eigenvalue weighted by molar-refractivity contribution is 0.190. The number of amidine groups is 1. The molecule has 1 aliphatic rings. The summed E-state index contributed by atoms with van der Waals surface area (Å²) >= 11 is 0. The Hall–Kier alpha value is -1.50. The van der Waals surface area contributed by atoms with Crippen molar-refractivity contribution in [2.75, 3.05) is 27.2 Å². The minimum absolute atomic E-state index is 0.0594. The van der Waals surface area contributed by atoms with E-state index >= 15 is 0 Å². The van der Waals surface area contributed by atoms with E-state index in [1.54, 1.807) is 0 Å². The molecule has 16 heavy (non-hydrogen) atoms. The van der Waals surface area contributed by atoms with Gasteiger partial charge in [-0.25, -0.2) is 4.79 Å². The van der Waals surface area contributed by atoms with Gasteiger partial charge >= 0.3 is 6.03 Å². The molecule has 1 aliphatic heterocycles. The maximum Gasteiger partial charge on any atom is 0.315 e. The third-order valence-corrected chi connectivity index (χ3v) is 3.02. The van der Waals surface area contributed by atoms with Gasteiger partial charge in [0.1, 0.15) is 5.54 Å². The zero-order valence-corrected chi connectivity index (χ0v) is 9.66. The number of nitrogens with two attached hydrogens (primary N) is 1. The fourth-order valence-corrected chi connectivity index (χ4v) is 1.82. The van der Waals surface area contributed by atoms with Gasteiger partial charge in [0.15, 0.2) is 5.84 Å². The summed E-state index contributed by atoms with van der Waals surface area (Å²) in [5.41, 5.74) is 4.94. The van der Waals surface area contributed by atoms with Gasteiger partial charge in [-0.2, -0.15) is 0 Å². The molecule has 0 aliphatic carbocycles. The highest BCUT2D eigenvalue weighted by atomic mass is 16.4. The summed E-state index contributed by atoms with van der Waals surface area (Å²) in [5, 5.41) is 17.0. The predicted molar refractivity (Wildman–Crippen MR) is 60.5 cm³/mol. The Labute approximate surface area is 94.7 Å². The first kappa shape index (κ1) is 12.6. The van der Waals surface area contributed by atoms with Crippen molar-refractivity contribution in [3.8, 4) is 0 Å². The molecule has 1 fully saturated rings. The van der Waals surface area contributed by atoms with E-state index < -0.39 is 5.54 Å². The summed E-state index contributed by atoms with van der Waals surface area (Å²) in [6.07, 6.45) is 1.26. The fraction of sp³-hybridized carbons (Fsp3) is 0.778. The van der Waals surface area contributed by atoms with Crippen LogP contribution >= 0.6 is 0 Å². The first-order chi connectivity index (χ1) is 7.54. The molecule has 1 heterocycles. The van der Waals surface area contributed by atoms with E-state index in [-0.39, 0.29) is 11.9 Å². The average molecular weight is 229 g/mol. The van der Waals surface area contributed by atoms with Crippen LogP contribution in [0.25, 0.3) is 0 Å². The fourth-order valence-electron chi connectivity index (χ4n) is 1.82. The molecule has 0 atom stereocenters. The number of carbonyl (C=O) groups excluding carboxylic acids is 1. The molecule has 7 heteroatoms. The van der Waals surface area contributed by atoms with E-state index in [0.717, 1.165) is 13.1 Å². The van der Waals surface area contributed by atoms with Gasteiger partial charge in [-0.15, -0.1) is 0 Å². The summed E-state index contributed by atoms with van der Waals surface area (Å²) in [5.74, 6) is 0.0594. The summed E-state index contributed by atoms with van der Waals surface area (Å²) in [6, 6.07) is -0.323. The normalized spacial score (nSPS) is 21.5. The lowest BCUT2D eigenvalue weighted by Crippen LogP contribution is -2.63. The number of piperidine rings is 1. The molecule has 0 aromatic carbocycles. The Bertz CT molecular complexity index is 284. The number of oxime groups is 1. The molecule has 0 unspecified atom stereocenters. The molecule has 0 saturated carbocycles. The van der Waals surface area contributed by atoms with Crippen molar-refractivity contribution in [2.45, 2.75) is 18.4 Å². The largest absolute Gasteiger partial charge is 0.409 e. The van der Waals surface area contributed by atoms with Crippen molar-refractivity contribution < 1.29 is 10.0 Å². The lowest BCUT2D eigenvalue weighted by atomic mass is 9.86. The van der Waals surface area contributed by atoms with Gasteiger partial charge < -0.3 is 26.5 Å². The highest BCUT2D eigenvalue weighted by Gasteiger charge is 2.39. The summed E-state index contributed by atoms with van der Waals surface area (Å²) in [4.78, 5) is 13.5. The van der Waals surface area contributed by atoms with E-state index in [0.29, 0.717) is 12.8 Å². The Kier molecular flexibility index (Phi) is 3.94. The molecular weight excluding hydrogens is 210 g/mol. The van der Waals surface area contributed by atoms with Gasteiger partial charge in [0, 0.05) is 20.1 Å². The monoisotopic (exact) mass is 229 g/mol. The SMILES string of the molecule is CNC(=O)NC1(C(N)=NO)CCN(C)CC1. The van der Waals surface area contributed by atoms with Crippen molar-refractivity contribution >= 4 is 11.9 Å². The molecule has 2 amide bonds. The van der Waals surface area contributed by atoms with E-state index in [9.17, 15) is 4.79 Å². The van der Waals surface area contributed by atoms with E-state index in [4.69, 9.17) is 10.9 Å². The second kappa shape index (κ2) is 5.02. The minimum atomic E-state index is -0.735. The van der Waals surface area contributed by atoms with Crippen LogP contribution in [-0.4, -0.2) is 54.7 Å². The quantitative estimate of drug-likeness (QED) is 0.214. The molecule has 5 N–H and O–H groups in total. The molecule has 1 saturated heterocycles. The standard InChI is InChI=1S/C9H19N5O2/c1-11-8(15)12-9(7(10)13-16)3-5-14(2)6-4-9/h16H,3-6H2,1-2H3,(H2,10,13)(H2,11,12,15). The highest BCUT2D eigenvalue weighted by molar-refractivity contribution is 5.93. The third kappa shape index (κ3) is 2.54. The molecule has 92 valence electrons. The zero-order chi connectivity index (χ0) is 12.2. The van der Waals surface area contributed by atoms with Crippen molar-refractivity contribution in [1.29, 1.82) is 0 Å². The zero-order valence-electron chi connectivity index (χ0n) is 9.66. The van der Waals surface area contributed by atoms with Crippen LogP contribution < -0.4 is 16.4 Å². The molecule has 0 bridgehead atoms. The first-order valence-electron chi connectivity index (χ1n) is 5.20. The predicted octanol–water partition coefficient (Wildman–Crippen LogP) is -0.874. The summed E-state index contributed by atoms with van der Waals surface area (Å²) in [6.45, 7) is 1.58. The Morgan fingerprint density at radius 2 is 2.06 bits per heavy atom. The van der Waals surface area contributed by atoms with Crippen LogP contribution in [0.5, 0.6) is 0 Å². The molecule has 0 aromatic rings.